The summed E-state index contributed by atoms with van der Waals surface area (Å²) in [6.07, 6.45) is 5.28. The Morgan fingerprint density at radius 1 is 1.17 bits per heavy atom. The van der Waals surface area contributed by atoms with Crippen LogP contribution < -0.4 is 5.32 Å². The van der Waals surface area contributed by atoms with E-state index in [1.807, 2.05) is 18.1 Å². The van der Waals surface area contributed by atoms with Crippen LogP contribution in [-0.2, 0) is 23.2 Å². The fraction of sp³-hybridized carbons (Fsp3) is 0.556. The molecule has 35 heavy (non-hydrogen) atoms. The first-order valence-electron chi connectivity index (χ1n) is 12.3. The van der Waals surface area contributed by atoms with Gasteiger partial charge in [-0.05, 0) is 61.0 Å². The second-order valence-corrected chi connectivity index (χ2v) is 10.5. The quantitative estimate of drug-likeness (QED) is 0.652. The molecule has 4 heterocycles. The predicted molar refractivity (Wildman–Crippen MR) is 131 cm³/mol. The van der Waals surface area contributed by atoms with Crippen molar-refractivity contribution in [3.05, 3.63) is 59.3 Å². The van der Waals surface area contributed by atoms with Crippen LogP contribution in [0.25, 0.3) is 0 Å². The number of carbonyl (C=O) groups is 1. The summed E-state index contributed by atoms with van der Waals surface area (Å²) >= 11 is 0. The highest BCUT2D eigenvalue weighted by Crippen LogP contribution is 2.39. The van der Waals surface area contributed by atoms with Crippen LogP contribution in [0.15, 0.2) is 42.6 Å². The van der Waals surface area contributed by atoms with Crippen molar-refractivity contribution in [2.45, 2.75) is 57.8 Å². The van der Waals surface area contributed by atoms with Crippen molar-refractivity contribution < 1.29 is 18.0 Å². The average Bonchev–Trinajstić information content (AvgIpc) is 3.09. The molecule has 8 heteroatoms. The normalized spacial score (nSPS) is 26.0. The van der Waals surface area contributed by atoms with Gasteiger partial charge in [-0.1, -0.05) is 44.2 Å². The van der Waals surface area contributed by atoms with Crippen LogP contribution in [0, 0.1) is 11.8 Å². The zero-order valence-corrected chi connectivity index (χ0v) is 20.7. The molecule has 1 aromatic heterocycles. The topological polar surface area (TPSA) is 48.5 Å². The highest BCUT2D eigenvalue weighted by atomic mass is 19.4. The van der Waals surface area contributed by atoms with Gasteiger partial charge in [0.15, 0.2) is 0 Å². The highest BCUT2D eigenvalue weighted by molar-refractivity contribution is 5.79. The lowest BCUT2D eigenvalue weighted by atomic mass is 9.78. The molecule has 1 aliphatic carbocycles. The number of alkyl halides is 3. The third kappa shape index (κ3) is 5.80. The fourth-order valence-corrected chi connectivity index (χ4v) is 5.88. The largest absolute Gasteiger partial charge is 0.379 e. The molecule has 4 aliphatic rings. The van der Waals surface area contributed by atoms with Crippen molar-refractivity contribution in [1.82, 2.24) is 14.8 Å². The Balaban J connectivity index is 0.000000672. The molecule has 2 atom stereocenters. The van der Waals surface area contributed by atoms with E-state index >= 15 is 0 Å². The van der Waals surface area contributed by atoms with E-state index in [0.717, 1.165) is 24.3 Å². The number of carbonyl (C=O) groups excluding carboxylic acids is 1. The van der Waals surface area contributed by atoms with Crippen LogP contribution >= 0.6 is 0 Å². The minimum Gasteiger partial charge on any atom is -0.366 e. The van der Waals surface area contributed by atoms with Gasteiger partial charge in [0.2, 0.25) is 5.91 Å². The number of halogens is 3. The van der Waals surface area contributed by atoms with Crippen molar-refractivity contribution in [1.29, 1.82) is 0 Å². The Labute approximate surface area is 205 Å². The van der Waals surface area contributed by atoms with E-state index in [1.54, 1.807) is 0 Å². The SMILES string of the molecule is CN(Cc1ccc(NC2Cc3ccccc3C2(C)C)nc1)C(=O)C1CN2CCC1CC2.FC(F)F. The number of pyridine rings is 1. The number of benzene rings is 1. The number of piperidine rings is 3. The summed E-state index contributed by atoms with van der Waals surface area (Å²) in [5.74, 6) is 1.94. The maximum absolute atomic E-state index is 13.0. The van der Waals surface area contributed by atoms with Gasteiger partial charge < -0.3 is 15.1 Å². The second-order valence-electron chi connectivity index (χ2n) is 10.5. The lowest BCUT2D eigenvalue weighted by Gasteiger charge is -2.44. The molecule has 2 unspecified atom stereocenters. The van der Waals surface area contributed by atoms with Gasteiger partial charge >= 0.3 is 6.68 Å². The van der Waals surface area contributed by atoms with Gasteiger partial charge in [-0.25, -0.2) is 4.98 Å². The number of rotatable bonds is 5. The Morgan fingerprint density at radius 3 is 2.43 bits per heavy atom. The Morgan fingerprint density at radius 2 is 1.86 bits per heavy atom. The number of amides is 1. The lowest BCUT2D eigenvalue weighted by Crippen LogP contribution is -2.52. The zero-order valence-electron chi connectivity index (χ0n) is 20.7. The molecule has 0 radical (unpaired) electrons. The molecule has 0 saturated carbocycles. The van der Waals surface area contributed by atoms with Gasteiger partial charge in [-0.3, -0.25) is 4.79 Å². The molecular weight excluding hydrogens is 453 g/mol. The maximum atomic E-state index is 13.0. The average molecular weight is 489 g/mol. The van der Waals surface area contributed by atoms with Crippen LogP contribution in [0.2, 0.25) is 0 Å². The minimum absolute atomic E-state index is 0.0684. The van der Waals surface area contributed by atoms with Gasteiger partial charge in [-0.2, -0.15) is 13.2 Å². The predicted octanol–water partition coefficient (Wildman–Crippen LogP) is 4.87. The Hall–Kier alpha value is -2.61. The third-order valence-electron chi connectivity index (χ3n) is 7.92. The van der Waals surface area contributed by atoms with E-state index < -0.39 is 6.68 Å². The number of nitrogens with zero attached hydrogens (tertiary/aromatic N) is 3. The van der Waals surface area contributed by atoms with E-state index in [0.29, 0.717) is 24.4 Å². The van der Waals surface area contributed by atoms with Crippen LogP contribution in [0.1, 0.15) is 43.4 Å². The number of hydrogen-bond acceptors (Lipinski definition) is 4. The van der Waals surface area contributed by atoms with Gasteiger partial charge in [-0.15, -0.1) is 0 Å². The zero-order chi connectivity index (χ0) is 25.2. The molecule has 190 valence electrons. The standard InChI is InChI=1S/C26H34N4O.CHF3/c1-26(2)22-7-5-4-6-20(22)14-23(26)28-24-9-8-18(15-27-24)16-29(3)25(31)21-17-30-12-10-19(21)11-13-30;2-1(3)4/h4-9,15,19,21,23H,10-14,16-17H2,1-3H3,(H,27,28);1H. The number of aromatic nitrogens is 1. The van der Waals surface area contributed by atoms with E-state index in [1.165, 1.54) is 37.1 Å². The fourth-order valence-electron chi connectivity index (χ4n) is 5.88. The second kappa shape index (κ2) is 10.6. The van der Waals surface area contributed by atoms with E-state index in [2.05, 4.69) is 65.4 Å². The van der Waals surface area contributed by atoms with E-state index in [9.17, 15) is 18.0 Å². The van der Waals surface area contributed by atoms with Crippen LogP contribution in [-0.4, -0.2) is 60.1 Å². The van der Waals surface area contributed by atoms with Crippen LogP contribution in [0.5, 0.6) is 0 Å². The minimum atomic E-state index is -3.67. The molecule has 6 rings (SSSR count). The van der Waals surface area contributed by atoms with Crippen molar-refractivity contribution in [3.8, 4) is 0 Å². The molecule has 1 aromatic carbocycles. The summed E-state index contributed by atoms with van der Waals surface area (Å²) in [4.78, 5) is 22.1. The number of hydrogen-bond donors (Lipinski definition) is 1. The number of fused-ring (bicyclic) bond motifs is 4. The molecule has 1 amide bonds. The van der Waals surface area contributed by atoms with Crippen molar-refractivity contribution in [2.75, 3.05) is 32.0 Å². The molecule has 1 N–H and O–H groups in total. The van der Waals surface area contributed by atoms with Crippen molar-refractivity contribution >= 4 is 11.7 Å². The molecule has 3 aliphatic heterocycles. The highest BCUT2D eigenvalue weighted by Gasteiger charge is 2.40. The van der Waals surface area contributed by atoms with E-state index in [-0.39, 0.29) is 11.3 Å². The van der Waals surface area contributed by atoms with Gasteiger partial charge in [0.25, 0.3) is 0 Å². The first-order valence-corrected chi connectivity index (χ1v) is 12.3. The van der Waals surface area contributed by atoms with Crippen LogP contribution in [0.3, 0.4) is 0 Å². The molecule has 5 nitrogen and oxygen atoms in total. The third-order valence-corrected chi connectivity index (χ3v) is 7.92. The maximum Gasteiger partial charge on any atom is 0.379 e. The summed E-state index contributed by atoms with van der Waals surface area (Å²) in [6, 6.07) is 13.2. The monoisotopic (exact) mass is 488 g/mol. The smallest absolute Gasteiger partial charge is 0.366 e. The molecular formula is C27H35F3N4O. The molecule has 2 aromatic rings. The number of anilines is 1. The summed E-state index contributed by atoms with van der Waals surface area (Å²) in [5, 5.41) is 3.65. The van der Waals surface area contributed by atoms with Gasteiger partial charge in [0, 0.05) is 37.8 Å². The Kier molecular flexibility index (Phi) is 7.69. The Bertz CT molecular complexity index is 1000. The molecule has 2 bridgehead atoms. The summed E-state index contributed by atoms with van der Waals surface area (Å²) < 4.78 is 29.0. The van der Waals surface area contributed by atoms with Crippen molar-refractivity contribution in [3.63, 3.8) is 0 Å². The van der Waals surface area contributed by atoms with E-state index in [4.69, 9.17) is 0 Å². The van der Waals surface area contributed by atoms with Crippen LogP contribution in [0.4, 0.5) is 19.0 Å². The molecule has 3 fully saturated rings. The molecule has 3 saturated heterocycles. The summed E-state index contributed by atoms with van der Waals surface area (Å²) in [5.41, 5.74) is 4.00. The summed E-state index contributed by atoms with van der Waals surface area (Å²) in [6.45, 7) is 4.84. The lowest BCUT2D eigenvalue weighted by molar-refractivity contribution is -0.141. The van der Waals surface area contributed by atoms with Gasteiger partial charge in [0.1, 0.15) is 5.82 Å². The van der Waals surface area contributed by atoms with Gasteiger partial charge in [0.05, 0.1) is 5.92 Å². The first kappa shape index (κ1) is 25.5. The first-order chi connectivity index (χ1) is 16.6. The molecule has 0 spiro atoms. The number of nitrogens with one attached hydrogen (secondary N) is 1. The summed E-state index contributed by atoms with van der Waals surface area (Å²) in [7, 11) is 1.93. The van der Waals surface area contributed by atoms with Crippen molar-refractivity contribution in [2.24, 2.45) is 11.8 Å².